The van der Waals surface area contributed by atoms with Crippen LogP contribution in [0.25, 0.3) is 6.08 Å². The van der Waals surface area contributed by atoms with Gasteiger partial charge < -0.3 is 15.0 Å². The molecule has 0 aliphatic carbocycles. The molecular weight excluding hydrogens is 330 g/mol. The van der Waals surface area contributed by atoms with E-state index in [0.717, 1.165) is 11.1 Å². The van der Waals surface area contributed by atoms with Gasteiger partial charge in [-0.05, 0) is 51.8 Å². The van der Waals surface area contributed by atoms with E-state index in [-0.39, 0.29) is 11.5 Å². The van der Waals surface area contributed by atoms with Crippen molar-refractivity contribution in [3.05, 3.63) is 41.0 Å². The standard InChI is InChI=1S/C20H27N3O3/c1-19(2,3)26-18(25)22-20(4,5)16-10-8-14(9-11-16)12-15(13-21)17(24)23(6)7/h8-12H,1-7H3,(H,22,25). The zero-order chi connectivity index (χ0) is 20.1. The summed E-state index contributed by atoms with van der Waals surface area (Å²) in [6, 6.07) is 9.21. The summed E-state index contributed by atoms with van der Waals surface area (Å²) in [5.74, 6) is -0.344. The topological polar surface area (TPSA) is 82.4 Å². The highest BCUT2D eigenvalue weighted by atomic mass is 16.6. The molecule has 0 bridgehead atoms. The van der Waals surface area contributed by atoms with Crippen molar-refractivity contribution in [3.8, 4) is 6.07 Å². The Labute approximate surface area is 155 Å². The summed E-state index contributed by atoms with van der Waals surface area (Å²) in [6.45, 7) is 9.17. The summed E-state index contributed by atoms with van der Waals surface area (Å²) >= 11 is 0. The highest BCUT2D eigenvalue weighted by Gasteiger charge is 2.26. The highest BCUT2D eigenvalue weighted by molar-refractivity contribution is 6.01. The minimum atomic E-state index is -0.637. The third kappa shape index (κ3) is 6.25. The lowest BCUT2D eigenvalue weighted by Crippen LogP contribution is -2.43. The van der Waals surface area contributed by atoms with E-state index in [1.54, 1.807) is 32.3 Å². The lowest BCUT2D eigenvalue weighted by atomic mass is 9.93. The number of rotatable bonds is 4. The number of hydrogen-bond acceptors (Lipinski definition) is 4. The first kappa shape index (κ1) is 21.2. The molecule has 2 amide bonds. The summed E-state index contributed by atoms with van der Waals surface area (Å²) in [6.07, 6.45) is 1.05. The molecule has 26 heavy (non-hydrogen) atoms. The fourth-order valence-electron chi connectivity index (χ4n) is 2.18. The number of likely N-dealkylation sites (N-methyl/N-ethyl adjacent to an activating group) is 1. The van der Waals surface area contributed by atoms with Crippen LogP contribution in [0.3, 0.4) is 0 Å². The molecule has 0 atom stereocenters. The van der Waals surface area contributed by atoms with Crippen LogP contribution in [0.4, 0.5) is 4.79 Å². The summed E-state index contributed by atoms with van der Waals surface area (Å²) < 4.78 is 5.30. The number of hydrogen-bond donors (Lipinski definition) is 1. The van der Waals surface area contributed by atoms with Gasteiger partial charge in [-0.25, -0.2) is 4.79 Å². The molecule has 140 valence electrons. The van der Waals surface area contributed by atoms with Crippen LogP contribution >= 0.6 is 0 Å². The molecule has 0 aromatic heterocycles. The zero-order valence-electron chi connectivity index (χ0n) is 16.5. The fourth-order valence-corrected chi connectivity index (χ4v) is 2.18. The van der Waals surface area contributed by atoms with E-state index >= 15 is 0 Å². The van der Waals surface area contributed by atoms with Crippen LogP contribution in [0.1, 0.15) is 45.7 Å². The van der Waals surface area contributed by atoms with Crippen LogP contribution in [-0.2, 0) is 15.1 Å². The molecule has 6 heteroatoms. The van der Waals surface area contributed by atoms with E-state index in [1.807, 2.05) is 52.8 Å². The van der Waals surface area contributed by atoms with Crippen LogP contribution in [0.2, 0.25) is 0 Å². The molecule has 1 rings (SSSR count). The first-order valence-corrected chi connectivity index (χ1v) is 8.31. The Morgan fingerprint density at radius 3 is 2.08 bits per heavy atom. The second kappa shape index (κ2) is 8.05. The second-order valence-electron chi connectivity index (χ2n) is 7.74. The lowest BCUT2D eigenvalue weighted by molar-refractivity contribution is -0.124. The minimum absolute atomic E-state index is 0.0638. The Hall–Kier alpha value is -2.81. The molecule has 0 aliphatic rings. The highest BCUT2D eigenvalue weighted by Crippen LogP contribution is 2.22. The van der Waals surface area contributed by atoms with Crippen molar-refractivity contribution < 1.29 is 14.3 Å². The van der Waals surface area contributed by atoms with Gasteiger partial charge in [-0.2, -0.15) is 5.26 Å². The maximum atomic E-state index is 12.0. The molecule has 0 radical (unpaired) electrons. The SMILES string of the molecule is CN(C)C(=O)C(C#N)=Cc1ccc(C(C)(C)NC(=O)OC(C)(C)C)cc1. The van der Waals surface area contributed by atoms with E-state index in [9.17, 15) is 9.59 Å². The first-order chi connectivity index (χ1) is 11.9. The van der Waals surface area contributed by atoms with Gasteiger partial charge in [0, 0.05) is 14.1 Å². The van der Waals surface area contributed by atoms with Gasteiger partial charge in [0.1, 0.15) is 17.2 Å². The molecule has 1 N–H and O–H groups in total. The first-order valence-electron chi connectivity index (χ1n) is 8.31. The van der Waals surface area contributed by atoms with Gasteiger partial charge >= 0.3 is 6.09 Å². The molecular formula is C20H27N3O3. The lowest BCUT2D eigenvalue weighted by Gasteiger charge is -2.29. The van der Waals surface area contributed by atoms with Gasteiger partial charge in [0.2, 0.25) is 0 Å². The number of benzene rings is 1. The van der Waals surface area contributed by atoms with Crippen LogP contribution < -0.4 is 5.32 Å². The Kier molecular flexibility index (Phi) is 6.57. The predicted molar refractivity (Wildman–Crippen MR) is 101 cm³/mol. The van der Waals surface area contributed by atoms with Crippen molar-refractivity contribution in [1.29, 1.82) is 5.26 Å². The number of ether oxygens (including phenoxy) is 1. The number of nitriles is 1. The molecule has 0 heterocycles. The van der Waals surface area contributed by atoms with Crippen molar-refractivity contribution in [3.63, 3.8) is 0 Å². The maximum absolute atomic E-state index is 12.0. The van der Waals surface area contributed by atoms with Gasteiger partial charge in [0.05, 0.1) is 5.54 Å². The number of carbonyl (C=O) groups excluding carboxylic acids is 2. The summed E-state index contributed by atoms with van der Waals surface area (Å²) in [7, 11) is 3.20. The van der Waals surface area contributed by atoms with Crippen molar-refractivity contribution in [1.82, 2.24) is 10.2 Å². The predicted octanol–water partition coefficient (Wildman–Crippen LogP) is 3.44. The number of nitrogens with zero attached hydrogens (tertiary/aromatic N) is 2. The third-order valence-electron chi connectivity index (χ3n) is 3.51. The largest absolute Gasteiger partial charge is 0.444 e. The molecule has 0 saturated carbocycles. The Bertz CT molecular complexity index is 733. The van der Waals surface area contributed by atoms with Crippen LogP contribution in [0.15, 0.2) is 29.8 Å². The Balaban J connectivity index is 2.97. The average Bonchev–Trinajstić information content (AvgIpc) is 2.49. The summed E-state index contributed by atoms with van der Waals surface area (Å²) in [5.41, 5.74) is 0.462. The summed E-state index contributed by atoms with van der Waals surface area (Å²) in [5, 5.41) is 12.0. The second-order valence-corrected chi connectivity index (χ2v) is 7.74. The molecule has 1 aromatic rings. The summed E-state index contributed by atoms with van der Waals surface area (Å²) in [4.78, 5) is 25.3. The monoisotopic (exact) mass is 357 g/mol. The van der Waals surface area contributed by atoms with Crippen LogP contribution in [-0.4, -0.2) is 36.6 Å². The Morgan fingerprint density at radius 1 is 1.12 bits per heavy atom. The number of carbonyl (C=O) groups is 2. The molecule has 0 spiro atoms. The molecule has 0 saturated heterocycles. The molecule has 1 aromatic carbocycles. The van der Waals surface area contributed by atoms with Gasteiger partial charge in [-0.1, -0.05) is 24.3 Å². The van der Waals surface area contributed by atoms with Crippen molar-refractivity contribution in [2.75, 3.05) is 14.1 Å². The number of nitrogens with one attached hydrogen (secondary N) is 1. The number of alkyl carbamates (subject to hydrolysis) is 1. The zero-order valence-corrected chi connectivity index (χ0v) is 16.5. The van der Waals surface area contributed by atoms with Gasteiger partial charge in [-0.15, -0.1) is 0 Å². The molecule has 0 fully saturated rings. The van der Waals surface area contributed by atoms with Crippen molar-refractivity contribution in [2.24, 2.45) is 0 Å². The van der Waals surface area contributed by atoms with E-state index in [1.165, 1.54) is 4.90 Å². The molecule has 6 nitrogen and oxygen atoms in total. The average molecular weight is 357 g/mol. The maximum Gasteiger partial charge on any atom is 0.408 e. The van der Waals surface area contributed by atoms with Crippen LogP contribution in [0, 0.1) is 11.3 Å². The smallest absolute Gasteiger partial charge is 0.408 e. The fraction of sp³-hybridized carbons (Fsp3) is 0.450. The van der Waals surface area contributed by atoms with E-state index in [4.69, 9.17) is 10.00 Å². The van der Waals surface area contributed by atoms with Crippen molar-refractivity contribution >= 4 is 18.1 Å². The van der Waals surface area contributed by atoms with E-state index in [0.29, 0.717) is 0 Å². The molecule has 0 aliphatic heterocycles. The van der Waals surface area contributed by atoms with E-state index in [2.05, 4.69) is 5.32 Å². The quantitative estimate of drug-likeness (QED) is 0.661. The van der Waals surface area contributed by atoms with Gasteiger partial charge in [0.15, 0.2) is 0 Å². The van der Waals surface area contributed by atoms with Crippen molar-refractivity contribution in [2.45, 2.75) is 45.8 Å². The Morgan fingerprint density at radius 2 is 1.65 bits per heavy atom. The molecule has 0 unspecified atom stereocenters. The minimum Gasteiger partial charge on any atom is -0.444 e. The van der Waals surface area contributed by atoms with Gasteiger partial charge in [0.25, 0.3) is 5.91 Å². The number of amides is 2. The third-order valence-corrected chi connectivity index (χ3v) is 3.51. The normalized spacial score (nSPS) is 12.2. The van der Waals surface area contributed by atoms with Crippen LogP contribution in [0.5, 0.6) is 0 Å². The van der Waals surface area contributed by atoms with E-state index < -0.39 is 17.2 Å². The van der Waals surface area contributed by atoms with Gasteiger partial charge in [-0.3, -0.25) is 4.79 Å².